The lowest BCUT2D eigenvalue weighted by atomic mass is 10.2. The molecule has 0 radical (unpaired) electrons. The van der Waals surface area contributed by atoms with E-state index in [1.807, 2.05) is 0 Å². The van der Waals surface area contributed by atoms with Crippen molar-refractivity contribution in [1.29, 1.82) is 0 Å². The summed E-state index contributed by atoms with van der Waals surface area (Å²) in [6, 6.07) is 11.7. The predicted octanol–water partition coefficient (Wildman–Crippen LogP) is 3.51. The monoisotopic (exact) mass is 313 g/mol. The van der Waals surface area contributed by atoms with E-state index in [0.29, 0.717) is 17.7 Å². The molecule has 0 fully saturated rings. The zero-order valence-electron chi connectivity index (χ0n) is 10.6. The molecule has 0 saturated heterocycles. The molecule has 0 aliphatic carbocycles. The van der Waals surface area contributed by atoms with Crippen LogP contribution in [0.4, 0.5) is 13.2 Å². The summed E-state index contributed by atoms with van der Waals surface area (Å²) in [6.07, 6.45) is -3.36. The first-order chi connectivity index (χ1) is 9.79. The normalized spacial score (nSPS) is 12.7. The number of sulfonamides is 1. The largest absolute Gasteiger partial charge is 0.416 e. The van der Waals surface area contributed by atoms with Gasteiger partial charge in [-0.25, -0.2) is 0 Å². The van der Waals surface area contributed by atoms with Gasteiger partial charge in [0.25, 0.3) is 10.0 Å². The highest BCUT2D eigenvalue weighted by molar-refractivity contribution is 7.90. The van der Waals surface area contributed by atoms with E-state index in [9.17, 15) is 21.6 Å². The Kier molecular flexibility index (Phi) is 4.13. The summed E-state index contributed by atoms with van der Waals surface area (Å²) in [6.45, 7) is 0. The molecule has 0 bridgehead atoms. The van der Waals surface area contributed by atoms with E-state index in [1.54, 1.807) is 30.3 Å². The van der Waals surface area contributed by atoms with Crippen molar-refractivity contribution in [2.45, 2.75) is 11.1 Å². The molecule has 110 valence electrons. The molecule has 0 N–H and O–H groups in total. The molecule has 0 amide bonds. The Balaban J connectivity index is 2.26. The van der Waals surface area contributed by atoms with Crippen molar-refractivity contribution in [3.05, 3.63) is 65.7 Å². The molecule has 0 saturated carbocycles. The fourth-order valence-corrected chi connectivity index (χ4v) is 2.41. The van der Waals surface area contributed by atoms with Gasteiger partial charge in [-0.1, -0.05) is 30.3 Å². The zero-order valence-corrected chi connectivity index (χ0v) is 11.4. The molecule has 2 rings (SSSR count). The third kappa shape index (κ3) is 3.91. The highest BCUT2D eigenvalue weighted by atomic mass is 32.2. The van der Waals surface area contributed by atoms with Gasteiger partial charge in [0.05, 0.1) is 10.5 Å². The van der Waals surface area contributed by atoms with Crippen molar-refractivity contribution < 1.29 is 21.6 Å². The standard InChI is InChI=1S/C14H10F3NO2S/c15-14(16,17)12-6-8-13(9-7-12)21(19,20)18-10-11-4-2-1-3-5-11/h1-10H/b18-10+. The predicted molar refractivity (Wildman–Crippen MR) is 72.7 cm³/mol. The van der Waals surface area contributed by atoms with Crippen LogP contribution in [0.2, 0.25) is 0 Å². The third-order valence-corrected chi connectivity index (χ3v) is 3.87. The molecule has 2 aromatic rings. The Labute approximate surface area is 119 Å². The smallest absolute Gasteiger partial charge is 0.199 e. The molecule has 0 aliphatic rings. The first kappa shape index (κ1) is 15.2. The van der Waals surface area contributed by atoms with Crippen LogP contribution in [0, 0.1) is 0 Å². The maximum Gasteiger partial charge on any atom is 0.416 e. The minimum atomic E-state index is -4.50. The van der Waals surface area contributed by atoms with Crippen LogP contribution in [0.25, 0.3) is 0 Å². The minimum Gasteiger partial charge on any atom is -0.199 e. The van der Waals surface area contributed by atoms with E-state index >= 15 is 0 Å². The van der Waals surface area contributed by atoms with Crippen LogP contribution in [0.1, 0.15) is 11.1 Å². The third-order valence-electron chi connectivity index (χ3n) is 2.62. The Bertz CT molecular complexity index is 736. The van der Waals surface area contributed by atoms with Gasteiger partial charge in [-0.2, -0.15) is 26.0 Å². The SMILES string of the molecule is O=S(=O)(/N=C/c1ccccc1)c1ccc(C(F)(F)F)cc1. The maximum absolute atomic E-state index is 12.4. The molecular formula is C14H10F3NO2S. The van der Waals surface area contributed by atoms with Gasteiger partial charge in [-0.15, -0.1) is 0 Å². The molecule has 0 aromatic heterocycles. The van der Waals surface area contributed by atoms with Gasteiger partial charge in [0.1, 0.15) is 0 Å². The second kappa shape index (κ2) is 5.69. The Morgan fingerprint density at radius 3 is 2.00 bits per heavy atom. The lowest BCUT2D eigenvalue weighted by Gasteiger charge is -2.06. The minimum absolute atomic E-state index is 0.289. The number of alkyl halides is 3. The first-order valence-electron chi connectivity index (χ1n) is 5.82. The maximum atomic E-state index is 12.4. The second-order valence-corrected chi connectivity index (χ2v) is 5.77. The van der Waals surface area contributed by atoms with E-state index in [2.05, 4.69) is 4.40 Å². The zero-order chi connectivity index (χ0) is 15.5. The molecule has 0 aliphatic heterocycles. The van der Waals surface area contributed by atoms with Crippen molar-refractivity contribution in [1.82, 2.24) is 0 Å². The van der Waals surface area contributed by atoms with Crippen molar-refractivity contribution in [3.63, 3.8) is 0 Å². The van der Waals surface area contributed by atoms with Crippen LogP contribution in [0.3, 0.4) is 0 Å². The van der Waals surface area contributed by atoms with Crippen molar-refractivity contribution in [2.24, 2.45) is 4.40 Å². The van der Waals surface area contributed by atoms with Crippen molar-refractivity contribution in [2.75, 3.05) is 0 Å². The highest BCUT2D eigenvalue weighted by Gasteiger charge is 2.30. The summed E-state index contributed by atoms with van der Waals surface area (Å²) in [5, 5.41) is 0. The number of nitrogens with zero attached hydrogens (tertiary/aromatic N) is 1. The summed E-state index contributed by atoms with van der Waals surface area (Å²) >= 11 is 0. The van der Waals surface area contributed by atoms with Crippen molar-refractivity contribution in [3.8, 4) is 0 Å². The first-order valence-corrected chi connectivity index (χ1v) is 7.26. The van der Waals surface area contributed by atoms with E-state index in [1.165, 1.54) is 0 Å². The summed E-state index contributed by atoms with van der Waals surface area (Å²) in [4.78, 5) is -0.289. The molecule has 0 heterocycles. The number of hydrogen-bond donors (Lipinski definition) is 0. The number of halogens is 3. The topological polar surface area (TPSA) is 46.5 Å². The Hall–Kier alpha value is -2.15. The van der Waals surface area contributed by atoms with Crippen LogP contribution in [-0.4, -0.2) is 14.6 Å². The van der Waals surface area contributed by atoms with Crippen LogP contribution in [0.15, 0.2) is 63.9 Å². The summed E-state index contributed by atoms with van der Waals surface area (Å²) in [7, 11) is -4.02. The number of benzene rings is 2. The van der Waals surface area contributed by atoms with Gasteiger partial charge in [0.15, 0.2) is 0 Å². The van der Waals surface area contributed by atoms with E-state index in [4.69, 9.17) is 0 Å². The quantitative estimate of drug-likeness (QED) is 0.814. The molecule has 21 heavy (non-hydrogen) atoms. The molecule has 2 aromatic carbocycles. The second-order valence-electron chi connectivity index (χ2n) is 4.14. The fraction of sp³-hybridized carbons (Fsp3) is 0.0714. The summed E-state index contributed by atoms with van der Waals surface area (Å²) in [5.74, 6) is 0. The average Bonchev–Trinajstić information content (AvgIpc) is 2.46. The van der Waals surface area contributed by atoms with Gasteiger partial charge in [-0.05, 0) is 29.8 Å². The van der Waals surface area contributed by atoms with Crippen LogP contribution in [0.5, 0.6) is 0 Å². The number of hydrogen-bond acceptors (Lipinski definition) is 2. The molecule has 0 atom stereocenters. The molecular weight excluding hydrogens is 303 g/mol. The lowest BCUT2D eigenvalue weighted by molar-refractivity contribution is -0.137. The number of rotatable bonds is 3. The molecule has 3 nitrogen and oxygen atoms in total. The average molecular weight is 313 g/mol. The van der Waals surface area contributed by atoms with Crippen LogP contribution >= 0.6 is 0 Å². The van der Waals surface area contributed by atoms with Gasteiger partial charge in [0, 0.05) is 6.21 Å². The Morgan fingerprint density at radius 1 is 0.905 bits per heavy atom. The van der Waals surface area contributed by atoms with Crippen LogP contribution in [-0.2, 0) is 16.2 Å². The van der Waals surface area contributed by atoms with Gasteiger partial charge < -0.3 is 0 Å². The van der Waals surface area contributed by atoms with Gasteiger partial charge in [0.2, 0.25) is 0 Å². The summed E-state index contributed by atoms with van der Waals surface area (Å²) in [5.41, 5.74) is -0.332. The van der Waals surface area contributed by atoms with Crippen LogP contribution < -0.4 is 0 Å². The lowest BCUT2D eigenvalue weighted by Crippen LogP contribution is -2.05. The van der Waals surface area contributed by atoms with Gasteiger partial charge >= 0.3 is 6.18 Å². The van der Waals surface area contributed by atoms with Gasteiger partial charge in [-0.3, -0.25) is 0 Å². The molecule has 0 spiro atoms. The fourth-order valence-electron chi connectivity index (χ4n) is 1.55. The Morgan fingerprint density at radius 2 is 1.48 bits per heavy atom. The molecule has 7 heteroatoms. The van der Waals surface area contributed by atoms with Crippen molar-refractivity contribution >= 4 is 16.2 Å². The van der Waals surface area contributed by atoms with E-state index in [-0.39, 0.29) is 4.90 Å². The van der Waals surface area contributed by atoms with E-state index in [0.717, 1.165) is 18.3 Å². The molecule has 0 unspecified atom stereocenters. The summed E-state index contributed by atoms with van der Waals surface area (Å²) < 4.78 is 64.4. The van der Waals surface area contributed by atoms with E-state index < -0.39 is 21.8 Å². The highest BCUT2D eigenvalue weighted by Crippen LogP contribution is 2.29.